The van der Waals surface area contributed by atoms with E-state index in [-0.39, 0.29) is 25.1 Å². The van der Waals surface area contributed by atoms with Gasteiger partial charge in [0.2, 0.25) is 10.0 Å². The van der Waals surface area contributed by atoms with E-state index >= 15 is 0 Å². The monoisotopic (exact) mass is 291 g/mol. The van der Waals surface area contributed by atoms with E-state index in [1.54, 1.807) is 24.3 Å². The normalized spacial score (nSPS) is 11.4. The highest BCUT2D eigenvalue weighted by atomic mass is 35.5. The number of carboxylic acids is 1. The molecule has 0 saturated carbocycles. The predicted octanol–water partition coefficient (Wildman–Crippen LogP) is 1.62. The lowest BCUT2D eigenvalue weighted by atomic mass is 10.2. The van der Waals surface area contributed by atoms with E-state index in [1.807, 2.05) is 0 Å². The molecule has 0 atom stereocenters. The van der Waals surface area contributed by atoms with Gasteiger partial charge in [-0.3, -0.25) is 4.79 Å². The van der Waals surface area contributed by atoms with Gasteiger partial charge < -0.3 is 5.11 Å². The molecule has 5 nitrogen and oxygen atoms in total. The van der Waals surface area contributed by atoms with Gasteiger partial charge in [0, 0.05) is 18.0 Å². The van der Waals surface area contributed by atoms with Crippen molar-refractivity contribution in [2.45, 2.75) is 19.4 Å². The first kappa shape index (κ1) is 14.9. The Morgan fingerprint density at radius 1 is 1.28 bits per heavy atom. The number of halogens is 1. The number of carboxylic acid groups (broad SMARTS) is 1. The number of aliphatic carboxylic acids is 1. The topological polar surface area (TPSA) is 83.5 Å². The zero-order valence-corrected chi connectivity index (χ0v) is 11.2. The number of hydrogen-bond donors (Lipinski definition) is 2. The fourth-order valence-corrected chi connectivity index (χ4v) is 2.46. The molecule has 1 aromatic rings. The van der Waals surface area contributed by atoms with Crippen molar-refractivity contribution in [3.05, 3.63) is 34.9 Å². The maximum atomic E-state index is 11.5. The molecule has 1 rings (SSSR count). The quantitative estimate of drug-likeness (QED) is 0.800. The van der Waals surface area contributed by atoms with Crippen molar-refractivity contribution >= 4 is 27.6 Å². The standard InChI is InChI=1S/C11H14ClNO4S/c12-10-5-3-9(4-6-10)8-13-18(16,17)7-1-2-11(14)15/h3-6,13H,1-2,7-8H2,(H,14,15). The molecule has 0 unspecified atom stereocenters. The largest absolute Gasteiger partial charge is 0.481 e. The van der Waals surface area contributed by atoms with Gasteiger partial charge in [-0.15, -0.1) is 0 Å². The van der Waals surface area contributed by atoms with Gasteiger partial charge >= 0.3 is 5.97 Å². The Hall–Kier alpha value is -1.11. The zero-order chi connectivity index (χ0) is 13.6. The van der Waals surface area contributed by atoms with E-state index in [2.05, 4.69) is 4.72 Å². The van der Waals surface area contributed by atoms with Crippen LogP contribution in [0.3, 0.4) is 0 Å². The summed E-state index contributed by atoms with van der Waals surface area (Å²) in [6, 6.07) is 6.80. The fourth-order valence-electron chi connectivity index (χ4n) is 1.28. The van der Waals surface area contributed by atoms with Crippen molar-refractivity contribution in [2.24, 2.45) is 0 Å². The Morgan fingerprint density at radius 3 is 2.44 bits per heavy atom. The maximum Gasteiger partial charge on any atom is 0.303 e. The highest BCUT2D eigenvalue weighted by Gasteiger charge is 2.10. The molecule has 1 aromatic carbocycles. The Morgan fingerprint density at radius 2 is 1.89 bits per heavy atom. The first-order valence-corrected chi connectivity index (χ1v) is 7.36. The number of sulfonamides is 1. The highest BCUT2D eigenvalue weighted by Crippen LogP contribution is 2.09. The van der Waals surface area contributed by atoms with Crippen LogP contribution in [-0.2, 0) is 21.4 Å². The highest BCUT2D eigenvalue weighted by molar-refractivity contribution is 7.89. The molecule has 0 saturated heterocycles. The molecule has 18 heavy (non-hydrogen) atoms. The average molecular weight is 292 g/mol. The first-order chi connectivity index (χ1) is 8.39. The lowest BCUT2D eigenvalue weighted by molar-refractivity contribution is -0.137. The second-order valence-electron chi connectivity index (χ2n) is 3.76. The van der Waals surface area contributed by atoms with Crippen LogP contribution in [0.1, 0.15) is 18.4 Å². The Balaban J connectivity index is 2.41. The van der Waals surface area contributed by atoms with Gasteiger partial charge in [-0.05, 0) is 24.1 Å². The summed E-state index contributed by atoms with van der Waals surface area (Å²) in [6.07, 6.45) is -0.0485. The number of benzene rings is 1. The van der Waals surface area contributed by atoms with E-state index in [0.29, 0.717) is 5.02 Å². The lowest BCUT2D eigenvalue weighted by Gasteiger charge is -2.06. The molecule has 0 radical (unpaired) electrons. The molecule has 0 aliphatic carbocycles. The van der Waals surface area contributed by atoms with Crippen LogP contribution in [0.25, 0.3) is 0 Å². The van der Waals surface area contributed by atoms with Gasteiger partial charge in [0.15, 0.2) is 0 Å². The SMILES string of the molecule is O=C(O)CCCS(=O)(=O)NCc1ccc(Cl)cc1. The van der Waals surface area contributed by atoms with Gasteiger partial charge in [0.25, 0.3) is 0 Å². The zero-order valence-electron chi connectivity index (χ0n) is 9.60. The summed E-state index contributed by atoms with van der Waals surface area (Å²) in [5.41, 5.74) is 0.793. The summed E-state index contributed by atoms with van der Waals surface area (Å²) in [5, 5.41) is 9.00. The average Bonchev–Trinajstić information content (AvgIpc) is 2.27. The molecule has 7 heteroatoms. The molecular weight excluding hydrogens is 278 g/mol. The summed E-state index contributed by atoms with van der Waals surface area (Å²) in [6.45, 7) is 0.173. The van der Waals surface area contributed by atoms with Crippen LogP contribution in [0.15, 0.2) is 24.3 Å². The van der Waals surface area contributed by atoms with Crippen molar-refractivity contribution in [1.82, 2.24) is 4.72 Å². The number of rotatable bonds is 7. The van der Waals surface area contributed by atoms with Crippen LogP contribution in [0.2, 0.25) is 5.02 Å². The fraction of sp³-hybridized carbons (Fsp3) is 0.364. The van der Waals surface area contributed by atoms with Gasteiger partial charge in [0.1, 0.15) is 0 Å². The first-order valence-electron chi connectivity index (χ1n) is 5.32. The maximum absolute atomic E-state index is 11.5. The van der Waals surface area contributed by atoms with E-state index in [9.17, 15) is 13.2 Å². The van der Waals surface area contributed by atoms with Gasteiger partial charge in [-0.1, -0.05) is 23.7 Å². The predicted molar refractivity (Wildman–Crippen MR) is 68.9 cm³/mol. The van der Waals surface area contributed by atoms with Crippen LogP contribution in [0.4, 0.5) is 0 Å². The number of nitrogens with one attached hydrogen (secondary N) is 1. The smallest absolute Gasteiger partial charge is 0.303 e. The third kappa shape index (κ3) is 6.00. The molecule has 100 valence electrons. The van der Waals surface area contributed by atoms with E-state index in [0.717, 1.165) is 5.56 Å². The molecule has 0 heterocycles. The molecule has 0 amide bonds. The van der Waals surface area contributed by atoms with Crippen LogP contribution in [0.5, 0.6) is 0 Å². The minimum Gasteiger partial charge on any atom is -0.481 e. The Labute approximate surface area is 111 Å². The number of carbonyl (C=O) groups is 1. The molecule has 0 spiro atoms. The summed E-state index contributed by atoms with van der Waals surface area (Å²) in [4.78, 5) is 10.3. The summed E-state index contributed by atoms with van der Waals surface area (Å²) < 4.78 is 25.4. The lowest BCUT2D eigenvalue weighted by Crippen LogP contribution is -2.26. The van der Waals surface area contributed by atoms with Crippen molar-refractivity contribution in [2.75, 3.05) is 5.75 Å². The van der Waals surface area contributed by atoms with Crippen LogP contribution in [-0.4, -0.2) is 25.2 Å². The summed E-state index contributed by atoms with van der Waals surface area (Å²) >= 11 is 5.71. The van der Waals surface area contributed by atoms with Crippen LogP contribution >= 0.6 is 11.6 Å². The van der Waals surface area contributed by atoms with Crippen molar-refractivity contribution in [3.8, 4) is 0 Å². The summed E-state index contributed by atoms with van der Waals surface area (Å²) in [5.74, 6) is -1.18. The Kier molecular flexibility index (Phi) is 5.58. The molecule has 0 fully saturated rings. The minimum atomic E-state index is -3.43. The number of hydrogen-bond acceptors (Lipinski definition) is 3. The molecule has 0 bridgehead atoms. The molecular formula is C11H14ClNO4S. The Bertz CT molecular complexity index is 498. The van der Waals surface area contributed by atoms with E-state index in [4.69, 9.17) is 16.7 Å². The van der Waals surface area contributed by atoms with Crippen molar-refractivity contribution in [3.63, 3.8) is 0 Å². The third-order valence-electron chi connectivity index (χ3n) is 2.21. The van der Waals surface area contributed by atoms with E-state index in [1.165, 1.54) is 0 Å². The van der Waals surface area contributed by atoms with Crippen LogP contribution < -0.4 is 4.72 Å². The van der Waals surface area contributed by atoms with Gasteiger partial charge in [0.05, 0.1) is 5.75 Å². The minimum absolute atomic E-state index is 0.102. The van der Waals surface area contributed by atoms with Crippen molar-refractivity contribution in [1.29, 1.82) is 0 Å². The van der Waals surface area contributed by atoms with Gasteiger partial charge in [-0.2, -0.15) is 0 Å². The van der Waals surface area contributed by atoms with Crippen molar-refractivity contribution < 1.29 is 18.3 Å². The second kappa shape index (κ2) is 6.72. The molecule has 0 aromatic heterocycles. The molecule has 2 N–H and O–H groups in total. The van der Waals surface area contributed by atoms with Crippen LogP contribution in [0, 0.1) is 0 Å². The van der Waals surface area contributed by atoms with E-state index < -0.39 is 16.0 Å². The van der Waals surface area contributed by atoms with Gasteiger partial charge in [-0.25, -0.2) is 13.1 Å². The molecule has 0 aliphatic heterocycles. The second-order valence-corrected chi connectivity index (χ2v) is 6.13. The third-order valence-corrected chi connectivity index (χ3v) is 3.88. The molecule has 0 aliphatic rings. The summed E-state index contributed by atoms with van der Waals surface area (Å²) in [7, 11) is -3.43.